The first-order valence-electron chi connectivity index (χ1n) is 9.03. The molecular formula is C21H17Cl2N2O6-. The van der Waals surface area contributed by atoms with Gasteiger partial charge in [0.2, 0.25) is 0 Å². The van der Waals surface area contributed by atoms with Crippen LogP contribution < -0.4 is 19.9 Å². The Labute approximate surface area is 187 Å². The van der Waals surface area contributed by atoms with Crippen LogP contribution in [0.5, 0.6) is 11.5 Å². The van der Waals surface area contributed by atoms with Crippen molar-refractivity contribution in [2.75, 3.05) is 7.11 Å². The molecule has 0 bridgehead atoms. The molecule has 2 aromatic carbocycles. The molecule has 1 N–H and O–H groups in total. The van der Waals surface area contributed by atoms with Crippen LogP contribution in [0.25, 0.3) is 6.08 Å². The van der Waals surface area contributed by atoms with Crippen LogP contribution in [0.2, 0.25) is 10.0 Å². The molecule has 8 nitrogen and oxygen atoms in total. The molecule has 3 amide bonds. The fraction of sp³-hybridized carbons (Fsp3) is 0.190. The van der Waals surface area contributed by atoms with E-state index in [1.807, 2.05) is 0 Å². The first-order valence-corrected chi connectivity index (χ1v) is 9.79. The number of carboxylic acids is 1. The molecule has 2 aromatic rings. The van der Waals surface area contributed by atoms with Gasteiger partial charge in [-0.3, -0.25) is 9.69 Å². The summed E-state index contributed by atoms with van der Waals surface area (Å²) in [7, 11) is 1.39. The Morgan fingerprint density at radius 2 is 1.94 bits per heavy atom. The maximum atomic E-state index is 12.7. The molecule has 1 heterocycles. The molecule has 0 unspecified atom stereocenters. The van der Waals surface area contributed by atoms with Crippen LogP contribution in [-0.4, -0.2) is 36.0 Å². The minimum Gasteiger partial charge on any atom is -0.546 e. The standard InChI is InChI=1S/C21H18Cl2N2O6/c1-11(20(27)28)31-17-6-3-12(8-18(17)30-2)7-16-19(26)25(21(29)24-16)10-13-4-5-14(22)9-15(13)23/h3-9,11H,10H2,1-2H3,(H,24,29)(H,27,28)/p-1/b16-7-/t11-/m1/s1. The van der Waals surface area contributed by atoms with E-state index in [2.05, 4.69) is 5.32 Å². The lowest BCUT2D eigenvalue weighted by molar-refractivity contribution is -0.312. The molecule has 0 radical (unpaired) electrons. The lowest BCUT2D eigenvalue weighted by Gasteiger charge is -2.17. The number of urea groups is 1. The Morgan fingerprint density at radius 1 is 1.19 bits per heavy atom. The maximum Gasteiger partial charge on any atom is 0.329 e. The van der Waals surface area contributed by atoms with Crippen LogP contribution in [0.1, 0.15) is 18.1 Å². The minimum atomic E-state index is -1.37. The number of hydrogen-bond acceptors (Lipinski definition) is 6. The fourth-order valence-electron chi connectivity index (χ4n) is 2.81. The second kappa shape index (κ2) is 9.28. The lowest BCUT2D eigenvalue weighted by atomic mass is 10.1. The molecule has 1 saturated heterocycles. The van der Waals surface area contributed by atoms with Gasteiger partial charge in [0, 0.05) is 10.0 Å². The number of amides is 3. The Hall–Kier alpha value is -3.23. The SMILES string of the molecule is COc1cc(/C=C2\NC(=O)N(Cc3ccc(Cl)cc3Cl)C2=O)ccc1O[C@H](C)C(=O)[O-]. The van der Waals surface area contributed by atoms with Crippen LogP contribution in [-0.2, 0) is 16.1 Å². The second-order valence-electron chi connectivity index (χ2n) is 6.60. The molecule has 0 aliphatic carbocycles. The Bertz CT molecular complexity index is 1090. The van der Waals surface area contributed by atoms with Crippen molar-refractivity contribution >= 4 is 47.2 Å². The lowest BCUT2D eigenvalue weighted by Crippen LogP contribution is -2.37. The van der Waals surface area contributed by atoms with Gasteiger partial charge in [-0.05, 0) is 48.4 Å². The number of benzene rings is 2. The number of imide groups is 1. The number of nitrogens with zero attached hydrogens (tertiary/aromatic N) is 1. The molecule has 31 heavy (non-hydrogen) atoms. The highest BCUT2D eigenvalue weighted by molar-refractivity contribution is 6.35. The van der Waals surface area contributed by atoms with Gasteiger partial charge in [0.15, 0.2) is 11.5 Å². The fourth-order valence-corrected chi connectivity index (χ4v) is 3.28. The van der Waals surface area contributed by atoms with Crippen molar-refractivity contribution in [1.82, 2.24) is 10.2 Å². The van der Waals surface area contributed by atoms with Gasteiger partial charge in [0.05, 0.1) is 19.6 Å². The van der Waals surface area contributed by atoms with Crippen molar-refractivity contribution in [2.45, 2.75) is 19.6 Å². The van der Waals surface area contributed by atoms with Gasteiger partial charge in [-0.1, -0.05) is 35.3 Å². The Morgan fingerprint density at radius 3 is 2.58 bits per heavy atom. The normalized spacial score (nSPS) is 15.7. The summed E-state index contributed by atoms with van der Waals surface area (Å²) in [6.45, 7) is 1.31. The van der Waals surface area contributed by atoms with E-state index in [4.69, 9.17) is 32.7 Å². The van der Waals surface area contributed by atoms with Crippen LogP contribution in [0.4, 0.5) is 4.79 Å². The van der Waals surface area contributed by atoms with E-state index in [1.54, 1.807) is 24.3 Å². The summed E-state index contributed by atoms with van der Waals surface area (Å²) in [5.41, 5.74) is 1.16. The van der Waals surface area contributed by atoms with E-state index in [0.717, 1.165) is 4.90 Å². The third-order valence-electron chi connectivity index (χ3n) is 4.44. The van der Waals surface area contributed by atoms with Crippen molar-refractivity contribution in [2.24, 2.45) is 0 Å². The van der Waals surface area contributed by atoms with Crippen LogP contribution in [0.3, 0.4) is 0 Å². The summed E-state index contributed by atoms with van der Waals surface area (Å²) in [5, 5.41) is 14.2. The predicted octanol–water partition coefficient (Wildman–Crippen LogP) is 2.61. The van der Waals surface area contributed by atoms with Gasteiger partial charge >= 0.3 is 6.03 Å². The summed E-state index contributed by atoms with van der Waals surface area (Å²) < 4.78 is 10.5. The number of halogens is 2. The van der Waals surface area contributed by atoms with E-state index >= 15 is 0 Å². The second-order valence-corrected chi connectivity index (χ2v) is 7.45. The largest absolute Gasteiger partial charge is 0.546 e. The number of carboxylic acid groups (broad SMARTS) is 1. The van der Waals surface area contributed by atoms with Crippen molar-refractivity contribution < 1.29 is 29.0 Å². The van der Waals surface area contributed by atoms with Crippen LogP contribution in [0, 0.1) is 0 Å². The van der Waals surface area contributed by atoms with E-state index in [-0.39, 0.29) is 23.7 Å². The average molecular weight is 464 g/mol. The maximum absolute atomic E-state index is 12.7. The Balaban J connectivity index is 1.81. The van der Waals surface area contributed by atoms with Crippen molar-refractivity contribution in [3.8, 4) is 11.5 Å². The molecule has 1 aliphatic heterocycles. The monoisotopic (exact) mass is 463 g/mol. The number of carbonyl (C=O) groups is 3. The highest BCUT2D eigenvalue weighted by Crippen LogP contribution is 2.30. The zero-order valence-corrected chi connectivity index (χ0v) is 18.0. The van der Waals surface area contributed by atoms with Crippen molar-refractivity contribution in [3.05, 3.63) is 63.3 Å². The van der Waals surface area contributed by atoms with Gasteiger partial charge in [-0.25, -0.2) is 4.79 Å². The molecular weight excluding hydrogens is 447 g/mol. The van der Waals surface area contributed by atoms with Gasteiger partial charge in [0.1, 0.15) is 11.8 Å². The van der Waals surface area contributed by atoms with Crippen LogP contribution in [0.15, 0.2) is 42.1 Å². The molecule has 1 aliphatic rings. The number of methoxy groups -OCH3 is 1. The number of ether oxygens (including phenoxy) is 2. The van der Waals surface area contributed by atoms with Gasteiger partial charge < -0.3 is 24.7 Å². The number of hydrogen-bond donors (Lipinski definition) is 1. The molecule has 10 heteroatoms. The van der Waals surface area contributed by atoms with E-state index in [1.165, 1.54) is 32.2 Å². The van der Waals surface area contributed by atoms with E-state index in [0.29, 0.717) is 21.2 Å². The zero-order chi connectivity index (χ0) is 22.7. The summed E-state index contributed by atoms with van der Waals surface area (Å²) >= 11 is 12.0. The molecule has 0 spiro atoms. The summed E-state index contributed by atoms with van der Waals surface area (Å²) in [4.78, 5) is 36.9. The van der Waals surface area contributed by atoms with Crippen molar-refractivity contribution in [1.29, 1.82) is 0 Å². The van der Waals surface area contributed by atoms with Crippen LogP contribution >= 0.6 is 23.2 Å². The summed E-state index contributed by atoms with van der Waals surface area (Å²) in [5.74, 6) is -1.44. The number of aliphatic carboxylic acids is 1. The van der Waals surface area contributed by atoms with E-state index < -0.39 is 24.0 Å². The highest BCUT2D eigenvalue weighted by atomic mass is 35.5. The third-order valence-corrected chi connectivity index (χ3v) is 5.03. The van der Waals surface area contributed by atoms with Crippen molar-refractivity contribution in [3.63, 3.8) is 0 Å². The Kier molecular flexibility index (Phi) is 6.72. The minimum absolute atomic E-state index is 0.0186. The third kappa shape index (κ3) is 5.10. The number of nitrogens with one attached hydrogen (secondary N) is 1. The smallest absolute Gasteiger partial charge is 0.329 e. The molecule has 1 atom stereocenters. The zero-order valence-electron chi connectivity index (χ0n) is 16.5. The molecule has 3 rings (SSSR count). The highest BCUT2D eigenvalue weighted by Gasteiger charge is 2.34. The quantitative estimate of drug-likeness (QED) is 0.499. The van der Waals surface area contributed by atoms with Gasteiger partial charge in [-0.15, -0.1) is 0 Å². The molecule has 162 valence electrons. The number of rotatable bonds is 7. The van der Waals surface area contributed by atoms with Gasteiger partial charge in [-0.2, -0.15) is 0 Å². The summed E-state index contributed by atoms with van der Waals surface area (Å²) in [6, 6.07) is 8.84. The summed E-state index contributed by atoms with van der Waals surface area (Å²) in [6.07, 6.45) is 0.292. The van der Waals surface area contributed by atoms with E-state index in [9.17, 15) is 19.5 Å². The molecule has 0 aromatic heterocycles. The van der Waals surface area contributed by atoms with Gasteiger partial charge in [0.25, 0.3) is 5.91 Å². The average Bonchev–Trinajstić information content (AvgIpc) is 2.98. The predicted molar refractivity (Wildman–Crippen MR) is 112 cm³/mol. The molecule has 0 saturated carbocycles. The number of carbonyl (C=O) groups excluding carboxylic acids is 3. The molecule has 1 fully saturated rings. The topological polar surface area (TPSA) is 108 Å². The first-order chi connectivity index (χ1) is 14.7. The first kappa shape index (κ1) is 22.5.